The Labute approximate surface area is 105 Å². The second-order valence-corrected chi connectivity index (χ2v) is 5.32. The van der Waals surface area contributed by atoms with E-state index in [4.69, 9.17) is 9.84 Å². The molecule has 2 N–H and O–H groups in total. The monoisotopic (exact) mass is 255 g/mol. The molecule has 94 valence electrons. The summed E-state index contributed by atoms with van der Waals surface area (Å²) in [5.41, 5.74) is 1.30. The van der Waals surface area contributed by atoms with Gasteiger partial charge in [-0.05, 0) is 36.8 Å². The lowest BCUT2D eigenvalue weighted by atomic mass is 10.2. The summed E-state index contributed by atoms with van der Waals surface area (Å²) in [4.78, 5) is 12.0. The number of aryl methyl sites for hydroxylation is 1. The Bertz CT molecular complexity index is 391. The minimum absolute atomic E-state index is 0.0383. The molecule has 17 heavy (non-hydrogen) atoms. The largest absolute Gasteiger partial charge is 0.479 e. The zero-order chi connectivity index (χ0) is 12.3. The van der Waals surface area contributed by atoms with Crippen molar-refractivity contribution < 1.29 is 14.6 Å². The number of carboxylic acids is 1. The van der Waals surface area contributed by atoms with Crippen LogP contribution in [0.5, 0.6) is 0 Å². The second-order valence-electron chi connectivity index (χ2n) is 4.32. The summed E-state index contributed by atoms with van der Waals surface area (Å²) >= 11 is 1.74. The first kappa shape index (κ1) is 12.5. The van der Waals surface area contributed by atoms with Crippen molar-refractivity contribution in [3.05, 3.63) is 21.9 Å². The van der Waals surface area contributed by atoms with Crippen LogP contribution in [0.4, 0.5) is 0 Å². The van der Waals surface area contributed by atoms with Crippen LogP contribution in [-0.2, 0) is 16.1 Å². The van der Waals surface area contributed by atoms with Gasteiger partial charge in [0.1, 0.15) is 0 Å². The van der Waals surface area contributed by atoms with Gasteiger partial charge in [-0.1, -0.05) is 0 Å². The molecule has 2 atom stereocenters. The SMILES string of the molecule is Cc1ccsc1CNCC1CCC(C(=O)O)O1. The Morgan fingerprint density at radius 1 is 1.65 bits per heavy atom. The van der Waals surface area contributed by atoms with E-state index in [0.29, 0.717) is 6.42 Å². The first-order valence-electron chi connectivity index (χ1n) is 5.79. The van der Waals surface area contributed by atoms with Crippen LogP contribution in [0.2, 0.25) is 0 Å². The summed E-state index contributed by atoms with van der Waals surface area (Å²) in [5.74, 6) is -0.846. The molecule has 5 heteroatoms. The van der Waals surface area contributed by atoms with Gasteiger partial charge in [0, 0.05) is 18.0 Å². The molecule has 1 saturated heterocycles. The van der Waals surface area contributed by atoms with Crippen LogP contribution in [0.3, 0.4) is 0 Å². The van der Waals surface area contributed by atoms with E-state index in [1.165, 1.54) is 10.4 Å². The average Bonchev–Trinajstić information content (AvgIpc) is 2.89. The third-order valence-electron chi connectivity index (χ3n) is 3.01. The van der Waals surface area contributed by atoms with Crippen LogP contribution in [0.15, 0.2) is 11.4 Å². The molecule has 1 aliphatic heterocycles. The van der Waals surface area contributed by atoms with Crippen molar-refractivity contribution in [3.8, 4) is 0 Å². The van der Waals surface area contributed by atoms with E-state index in [0.717, 1.165) is 19.5 Å². The van der Waals surface area contributed by atoms with Gasteiger partial charge >= 0.3 is 5.97 Å². The Hall–Kier alpha value is -0.910. The van der Waals surface area contributed by atoms with Crippen LogP contribution >= 0.6 is 11.3 Å². The van der Waals surface area contributed by atoms with Crippen LogP contribution in [0.1, 0.15) is 23.3 Å². The van der Waals surface area contributed by atoms with Gasteiger partial charge in [0.05, 0.1) is 6.10 Å². The van der Waals surface area contributed by atoms with Crippen LogP contribution in [-0.4, -0.2) is 29.8 Å². The van der Waals surface area contributed by atoms with Crippen molar-refractivity contribution in [3.63, 3.8) is 0 Å². The molecule has 1 aliphatic rings. The molecule has 0 bridgehead atoms. The fraction of sp³-hybridized carbons (Fsp3) is 0.583. The fourth-order valence-corrected chi connectivity index (χ4v) is 2.85. The van der Waals surface area contributed by atoms with Gasteiger partial charge in [-0.2, -0.15) is 0 Å². The van der Waals surface area contributed by atoms with Crippen molar-refractivity contribution in [2.24, 2.45) is 0 Å². The van der Waals surface area contributed by atoms with Gasteiger partial charge in [-0.25, -0.2) is 4.79 Å². The molecule has 1 fully saturated rings. The number of nitrogens with one attached hydrogen (secondary N) is 1. The van der Waals surface area contributed by atoms with Crippen molar-refractivity contribution in [2.75, 3.05) is 6.54 Å². The number of hydrogen-bond acceptors (Lipinski definition) is 4. The lowest BCUT2D eigenvalue weighted by molar-refractivity contribution is -0.149. The number of thiophene rings is 1. The smallest absolute Gasteiger partial charge is 0.332 e. The molecule has 4 nitrogen and oxygen atoms in total. The molecule has 0 radical (unpaired) electrons. The maximum absolute atomic E-state index is 10.7. The predicted octanol–water partition coefficient (Wildman–Crippen LogP) is 1.78. The zero-order valence-electron chi connectivity index (χ0n) is 9.81. The van der Waals surface area contributed by atoms with E-state index < -0.39 is 12.1 Å². The molecule has 0 saturated carbocycles. The third kappa shape index (κ3) is 3.28. The molecule has 0 aliphatic carbocycles. The molecule has 0 amide bonds. The van der Waals surface area contributed by atoms with E-state index in [9.17, 15) is 4.79 Å². The van der Waals surface area contributed by atoms with Crippen molar-refractivity contribution in [1.82, 2.24) is 5.32 Å². The van der Waals surface area contributed by atoms with Gasteiger partial charge in [0.15, 0.2) is 6.10 Å². The number of ether oxygens (including phenoxy) is 1. The third-order valence-corrected chi connectivity index (χ3v) is 4.03. The van der Waals surface area contributed by atoms with Gasteiger partial charge in [-0.15, -0.1) is 11.3 Å². The van der Waals surface area contributed by atoms with E-state index in [1.807, 2.05) is 0 Å². The van der Waals surface area contributed by atoms with E-state index in [-0.39, 0.29) is 6.10 Å². The molecular weight excluding hydrogens is 238 g/mol. The minimum atomic E-state index is -0.846. The van der Waals surface area contributed by atoms with E-state index >= 15 is 0 Å². The van der Waals surface area contributed by atoms with Gasteiger partial charge in [0.25, 0.3) is 0 Å². The Kier molecular flexibility index (Phi) is 4.15. The number of carbonyl (C=O) groups is 1. The van der Waals surface area contributed by atoms with Crippen LogP contribution in [0, 0.1) is 6.92 Å². The molecular formula is C12H17NO3S. The minimum Gasteiger partial charge on any atom is -0.479 e. The number of hydrogen-bond donors (Lipinski definition) is 2. The molecule has 0 spiro atoms. The first-order valence-corrected chi connectivity index (χ1v) is 6.66. The highest BCUT2D eigenvalue weighted by Gasteiger charge is 2.29. The van der Waals surface area contributed by atoms with Crippen molar-refractivity contribution >= 4 is 17.3 Å². The summed E-state index contributed by atoms with van der Waals surface area (Å²) in [6.45, 7) is 3.66. The van der Waals surface area contributed by atoms with Gasteiger partial charge < -0.3 is 15.2 Å². The second kappa shape index (κ2) is 5.62. The standard InChI is InChI=1S/C12H17NO3S/c1-8-4-5-17-11(8)7-13-6-9-2-3-10(16-9)12(14)15/h4-5,9-10,13H,2-3,6-7H2,1H3,(H,14,15). The van der Waals surface area contributed by atoms with Crippen LogP contribution in [0.25, 0.3) is 0 Å². The quantitative estimate of drug-likeness (QED) is 0.842. The summed E-state index contributed by atoms with van der Waals surface area (Å²) < 4.78 is 5.41. The van der Waals surface area contributed by atoms with E-state index in [2.05, 4.69) is 23.7 Å². The Morgan fingerprint density at radius 3 is 3.06 bits per heavy atom. The van der Waals surface area contributed by atoms with E-state index in [1.54, 1.807) is 11.3 Å². The molecule has 2 rings (SSSR count). The summed E-state index contributed by atoms with van der Waals surface area (Å²) in [6.07, 6.45) is 0.884. The Morgan fingerprint density at radius 2 is 2.47 bits per heavy atom. The van der Waals surface area contributed by atoms with Crippen molar-refractivity contribution in [1.29, 1.82) is 0 Å². The normalized spacial score (nSPS) is 24.1. The molecule has 1 aromatic rings. The molecule has 2 unspecified atom stereocenters. The van der Waals surface area contributed by atoms with Gasteiger partial charge in [-0.3, -0.25) is 0 Å². The lowest BCUT2D eigenvalue weighted by Crippen LogP contribution is -2.28. The maximum atomic E-state index is 10.7. The average molecular weight is 255 g/mol. The summed E-state index contributed by atoms with van der Waals surface area (Å²) in [5, 5.41) is 14.2. The summed E-state index contributed by atoms with van der Waals surface area (Å²) in [7, 11) is 0. The summed E-state index contributed by atoms with van der Waals surface area (Å²) in [6, 6.07) is 2.11. The molecule has 0 aromatic carbocycles. The predicted molar refractivity (Wildman–Crippen MR) is 66.3 cm³/mol. The number of rotatable bonds is 5. The van der Waals surface area contributed by atoms with Crippen LogP contribution < -0.4 is 5.32 Å². The lowest BCUT2D eigenvalue weighted by Gasteiger charge is -2.12. The molecule has 2 heterocycles. The number of carboxylic acid groups (broad SMARTS) is 1. The topological polar surface area (TPSA) is 58.6 Å². The zero-order valence-corrected chi connectivity index (χ0v) is 10.6. The highest BCUT2D eigenvalue weighted by molar-refractivity contribution is 7.10. The maximum Gasteiger partial charge on any atom is 0.332 e. The first-order chi connectivity index (χ1) is 8.16. The fourth-order valence-electron chi connectivity index (χ4n) is 1.97. The van der Waals surface area contributed by atoms with Gasteiger partial charge in [0.2, 0.25) is 0 Å². The Balaban J connectivity index is 1.70. The van der Waals surface area contributed by atoms with Crippen molar-refractivity contribution in [2.45, 2.75) is 38.5 Å². The highest BCUT2D eigenvalue weighted by Crippen LogP contribution is 2.20. The number of aliphatic carboxylic acids is 1. The molecule has 1 aromatic heterocycles. The highest BCUT2D eigenvalue weighted by atomic mass is 32.1.